The summed E-state index contributed by atoms with van der Waals surface area (Å²) in [6.45, 7) is -0.177. The molecule has 0 spiro atoms. The van der Waals surface area contributed by atoms with Gasteiger partial charge in [0.25, 0.3) is 0 Å². The Bertz CT molecular complexity index is 508. The topological polar surface area (TPSA) is 58.6 Å². The molecule has 0 aromatic heterocycles. The van der Waals surface area contributed by atoms with Crippen LogP contribution >= 0.6 is 34.8 Å². The van der Waals surface area contributed by atoms with Crippen molar-refractivity contribution >= 4 is 52.5 Å². The second-order valence-corrected chi connectivity index (χ2v) is 4.84. The summed E-state index contributed by atoms with van der Waals surface area (Å²) >= 11 is 17.5. The van der Waals surface area contributed by atoms with Crippen molar-refractivity contribution in [2.75, 3.05) is 26.0 Å². The van der Waals surface area contributed by atoms with Gasteiger partial charge in [0.2, 0.25) is 5.91 Å². The fraction of sp³-hybridized carbons (Fsp3) is 0.273. The van der Waals surface area contributed by atoms with E-state index in [1.54, 1.807) is 0 Å². The smallest absolute Gasteiger partial charge is 0.409 e. The molecule has 2 amide bonds. The molecule has 19 heavy (non-hydrogen) atoms. The van der Waals surface area contributed by atoms with Gasteiger partial charge in [-0.3, -0.25) is 4.79 Å². The van der Waals surface area contributed by atoms with Gasteiger partial charge in [0.15, 0.2) is 0 Å². The first-order valence-electron chi connectivity index (χ1n) is 5.08. The van der Waals surface area contributed by atoms with Crippen LogP contribution in [0.1, 0.15) is 0 Å². The zero-order chi connectivity index (χ0) is 14.6. The van der Waals surface area contributed by atoms with E-state index in [0.29, 0.717) is 5.69 Å². The van der Waals surface area contributed by atoms with Crippen LogP contribution in [0.15, 0.2) is 12.1 Å². The molecular formula is C11H11Cl3N2O3. The first kappa shape index (κ1) is 15.9. The summed E-state index contributed by atoms with van der Waals surface area (Å²) in [6.07, 6.45) is -0.615. The van der Waals surface area contributed by atoms with Crippen LogP contribution in [0.25, 0.3) is 0 Å². The minimum atomic E-state index is -0.615. The number of hydrogen-bond donors (Lipinski definition) is 1. The van der Waals surface area contributed by atoms with Crippen LogP contribution in [-0.2, 0) is 9.53 Å². The van der Waals surface area contributed by atoms with Crippen LogP contribution in [0.4, 0.5) is 10.5 Å². The second-order valence-electron chi connectivity index (χ2n) is 3.62. The van der Waals surface area contributed by atoms with Gasteiger partial charge in [-0.1, -0.05) is 34.8 Å². The molecule has 5 nitrogen and oxygen atoms in total. The van der Waals surface area contributed by atoms with E-state index in [1.165, 1.54) is 26.3 Å². The van der Waals surface area contributed by atoms with Crippen molar-refractivity contribution in [3.05, 3.63) is 27.2 Å². The number of carbonyl (C=O) groups is 2. The number of methoxy groups -OCH3 is 1. The van der Waals surface area contributed by atoms with E-state index >= 15 is 0 Å². The van der Waals surface area contributed by atoms with Crippen molar-refractivity contribution in [1.82, 2.24) is 4.90 Å². The Balaban J connectivity index is 2.72. The molecule has 0 unspecified atom stereocenters. The molecule has 8 heteroatoms. The zero-order valence-electron chi connectivity index (χ0n) is 10.2. The van der Waals surface area contributed by atoms with Crippen molar-refractivity contribution in [2.45, 2.75) is 0 Å². The molecule has 0 atom stereocenters. The molecule has 0 aliphatic heterocycles. The molecule has 0 aliphatic rings. The first-order valence-corrected chi connectivity index (χ1v) is 6.22. The van der Waals surface area contributed by atoms with Gasteiger partial charge in [-0.05, 0) is 12.1 Å². The highest BCUT2D eigenvalue weighted by Gasteiger charge is 2.14. The number of nitrogens with zero attached hydrogens (tertiary/aromatic N) is 1. The maximum atomic E-state index is 11.7. The number of nitrogens with one attached hydrogen (secondary N) is 1. The van der Waals surface area contributed by atoms with E-state index in [-0.39, 0.29) is 21.6 Å². The lowest BCUT2D eigenvalue weighted by Crippen LogP contribution is -2.34. The first-order chi connectivity index (χ1) is 8.85. The van der Waals surface area contributed by atoms with Crippen LogP contribution < -0.4 is 5.32 Å². The zero-order valence-corrected chi connectivity index (χ0v) is 12.4. The van der Waals surface area contributed by atoms with Crippen LogP contribution in [-0.4, -0.2) is 37.6 Å². The Labute approximate surface area is 125 Å². The minimum Gasteiger partial charge on any atom is -0.453 e. The number of benzene rings is 1. The van der Waals surface area contributed by atoms with Crippen molar-refractivity contribution in [3.8, 4) is 0 Å². The monoisotopic (exact) mass is 324 g/mol. The number of halogens is 3. The number of ether oxygens (including phenoxy) is 1. The van der Waals surface area contributed by atoms with E-state index in [2.05, 4.69) is 10.1 Å². The predicted molar refractivity (Wildman–Crippen MR) is 75.1 cm³/mol. The Morgan fingerprint density at radius 3 is 2.37 bits per heavy atom. The lowest BCUT2D eigenvalue weighted by Gasteiger charge is -2.15. The number of likely N-dealkylation sites (N-methyl/N-ethyl adjacent to an activating group) is 1. The molecule has 0 heterocycles. The lowest BCUT2D eigenvalue weighted by atomic mass is 10.3. The SMILES string of the molecule is COC(=O)N(C)CC(=O)Nc1cc(Cl)c(Cl)cc1Cl. The summed E-state index contributed by atoms with van der Waals surface area (Å²) in [5.74, 6) is -0.437. The molecule has 0 radical (unpaired) electrons. The summed E-state index contributed by atoms with van der Waals surface area (Å²) in [7, 11) is 2.66. The van der Waals surface area contributed by atoms with Gasteiger partial charge < -0.3 is 15.0 Å². The van der Waals surface area contributed by atoms with Gasteiger partial charge in [0.05, 0.1) is 27.9 Å². The Morgan fingerprint density at radius 1 is 1.21 bits per heavy atom. The standard InChI is InChI=1S/C11H11Cl3N2O3/c1-16(11(18)19-2)5-10(17)15-9-4-7(13)6(12)3-8(9)14/h3-4H,5H2,1-2H3,(H,15,17). The van der Waals surface area contributed by atoms with E-state index in [4.69, 9.17) is 34.8 Å². The third kappa shape index (κ3) is 4.45. The Kier molecular flexibility index (Phi) is 5.72. The van der Waals surface area contributed by atoms with Crippen molar-refractivity contribution < 1.29 is 14.3 Å². The molecule has 1 aromatic carbocycles. The molecule has 1 aromatic rings. The highest BCUT2D eigenvalue weighted by molar-refractivity contribution is 6.44. The van der Waals surface area contributed by atoms with Crippen LogP contribution in [0.5, 0.6) is 0 Å². The van der Waals surface area contributed by atoms with E-state index in [0.717, 1.165) is 4.90 Å². The molecule has 104 valence electrons. The van der Waals surface area contributed by atoms with Gasteiger partial charge in [-0.15, -0.1) is 0 Å². The van der Waals surface area contributed by atoms with Crippen molar-refractivity contribution in [2.24, 2.45) is 0 Å². The minimum absolute atomic E-state index is 0.177. The highest BCUT2D eigenvalue weighted by Crippen LogP contribution is 2.32. The fourth-order valence-electron chi connectivity index (χ4n) is 1.24. The average molecular weight is 326 g/mol. The van der Waals surface area contributed by atoms with E-state index in [1.807, 2.05) is 0 Å². The van der Waals surface area contributed by atoms with Gasteiger partial charge in [-0.25, -0.2) is 4.79 Å². The molecule has 0 saturated carbocycles. The van der Waals surface area contributed by atoms with Crippen molar-refractivity contribution in [3.63, 3.8) is 0 Å². The van der Waals surface area contributed by atoms with Crippen LogP contribution in [0.3, 0.4) is 0 Å². The van der Waals surface area contributed by atoms with Gasteiger partial charge in [0.1, 0.15) is 6.54 Å². The quantitative estimate of drug-likeness (QED) is 0.868. The third-order valence-electron chi connectivity index (χ3n) is 2.15. The molecule has 1 rings (SSSR count). The van der Waals surface area contributed by atoms with Crippen molar-refractivity contribution in [1.29, 1.82) is 0 Å². The number of amides is 2. The summed E-state index contributed by atoms with van der Waals surface area (Å²) in [5.41, 5.74) is 0.319. The Hall–Kier alpha value is -1.17. The van der Waals surface area contributed by atoms with Crippen LogP contribution in [0.2, 0.25) is 15.1 Å². The summed E-state index contributed by atoms with van der Waals surface area (Å²) < 4.78 is 4.46. The maximum Gasteiger partial charge on any atom is 0.409 e. The summed E-state index contributed by atoms with van der Waals surface area (Å²) in [4.78, 5) is 23.9. The normalized spacial score (nSPS) is 9.95. The molecule has 0 fully saturated rings. The Morgan fingerprint density at radius 2 is 1.79 bits per heavy atom. The number of anilines is 1. The van der Waals surface area contributed by atoms with E-state index < -0.39 is 12.0 Å². The number of rotatable bonds is 3. The summed E-state index contributed by atoms with van der Waals surface area (Å²) in [6, 6.07) is 2.85. The highest BCUT2D eigenvalue weighted by atomic mass is 35.5. The van der Waals surface area contributed by atoms with Crippen LogP contribution in [0, 0.1) is 0 Å². The van der Waals surface area contributed by atoms with Gasteiger partial charge in [0, 0.05) is 7.05 Å². The molecule has 0 bridgehead atoms. The van der Waals surface area contributed by atoms with Gasteiger partial charge >= 0.3 is 6.09 Å². The average Bonchev–Trinajstić information content (AvgIpc) is 2.34. The molecular weight excluding hydrogens is 314 g/mol. The third-order valence-corrected chi connectivity index (χ3v) is 3.19. The fourth-order valence-corrected chi connectivity index (χ4v) is 1.84. The lowest BCUT2D eigenvalue weighted by molar-refractivity contribution is -0.116. The summed E-state index contributed by atoms with van der Waals surface area (Å²) in [5, 5.41) is 3.33. The van der Waals surface area contributed by atoms with E-state index in [9.17, 15) is 9.59 Å². The number of hydrogen-bond acceptors (Lipinski definition) is 3. The second kappa shape index (κ2) is 6.84. The van der Waals surface area contributed by atoms with Gasteiger partial charge in [-0.2, -0.15) is 0 Å². The largest absolute Gasteiger partial charge is 0.453 e. The molecule has 0 saturated heterocycles. The molecule has 1 N–H and O–H groups in total. The predicted octanol–water partition coefficient (Wildman–Crippen LogP) is 3.28. The maximum absolute atomic E-state index is 11.7. The number of carbonyl (C=O) groups excluding carboxylic acids is 2. The molecule has 0 aliphatic carbocycles.